The molecule has 1 N–H and O–H groups in total. The van der Waals surface area contributed by atoms with Crippen LogP contribution in [0.1, 0.15) is 38.2 Å². The fourth-order valence-electron chi connectivity index (χ4n) is 4.33. The monoisotopic (exact) mass is 421 g/mol. The van der Waals surface area contributed by atoms with Gasteiger partial charge >= 0.3 is 0 Å². The molecule has 1 aromatic carbocycles. The Balaban J connectivity index is 1.61. The smallest absolute Gasteiger partial charge is 0.262 e. The second-order valence-electron chi connectivity index (χ2n) is 8.23. The number of ether oxygens (including phenoxy) is 1. The fraction of sp³-hybridized carbons (Fsp3) is 0.600. The first-order valence-electron chi connectivity index (χ1n) is 10.2. The number of benzene rings is 1. The van der Waals surface area contributed by atoms with Gasteiger partial charge in [0.2, 0.25) is 15.9 Å². The minimum atomic E-state index is -3.87. The molecule has 3 heterocycles. The molecule has 2 fully saturated rings. The Morgan fingerprint density at radius 2 is 1.90 bits per heavy atom. The third-order valence-corrected chi connectivity index (χ3v) is 8.13. The lowest BCUT2D eigenvalue weighted by atomic mass is 9.98. The molecule has 9 heteroatoms. The Bertz CT molecular complexity index is 938. The molecule has 0 aromatic heterocycles. The molecular weight excluding hydrogens is 394 g/mol. The van der Waals surface area contributed by atoms with E-state index in [4.69, 9.17) is 4.74 Å². The van der Waals surface area contributed by atoms with Crippen molar-refractivity contribution >= 4 is 27.5 Å². The van der Waals surface area contributed by atoms with Gasteiger partial charge in [0, 0.05) is 25.7 Å². The number of nitrogens with zero attached hydrogens (tertiary/aromatic N) is 2. The Kier molecular flexibility index (Phi) is 5.29. The number of nitrogens with one attached hydrogen (secondary N) is 1. The van der Waals surface area contributed by atoms with Crippen molar-refractivity contribution < 1.29 is 22.7 Å². The van der Waals surface area contributed by atoms with Crippen LogP contribution >= 0.6 is 0 Å². The van der Waals surface area contributed by atoms with E-state index in [1.807, 2.05) is 4.90 Å². The third kappa shape index (κ3) is 3.73. The van der Waals surface area contributed by atoms with Crippen molar-refractivity contribution in [1.29, 1.82) is 0 Å². The topological polar surface area (TPSA) is 96.0 Å². The fourth-order valence-corrected chi connectivity index (χ4v) is 6.21. The summed E-state index contributed by atoms with van der Waals surface area (Å²) in [6.07, 6.45) is 3.12. The van der Waals surface area contributed by atoms with Crippen molar-refractivity contribution in [3.05, 3.63) is 17.7 Å². The van der Waals surface area contributed by atoms with E-state index < -0.39 is 16.1 Å². The highest BCUT2D eigenvalue weighted by molar-refractivity contribution is 7.89. The molecule has 0 bridgehead atoms. The Morgan fingerprint density at radius 1 is 1.17 bits per heavy atom. The van der Waals surface area contributed by atoms with Gasteiger partial charge in [-0.3, -0.25) is 9.59 Å². The predicted octanol–water partition coefficient (Wildman–Crippen LogP) is 1.74. The quantitative estimate of drug-likeness (QED) is 0.802. The summed E-state index contributed by atoms with van der Waals surface area (Å²) in [7, 11) is -3.87. The highest BCUT2D eigenvalue weighted by Crippen LogP contribution is 2.36. The van der Waals surface area contributed by atoms with Crippen LogP contribution in [0.5, 0.6) is 5.75 Å². The number of piperidine rings is 1. The van der Waals surface area contributed by atoms with Crippen LogP contribution in [-0.2, 0) is 19.6 Å². The molecule has 4 rings (SSSR count). The van der Waals surface area contributed by atoms with Crippen LogP contribution in [0.3, 0.4) is 0 Å². The second-order valence-corrected chi connectivity index (χ2v) is 10.1. The van der Waals surface area contributed by atoms with E-state index in [1.165, 1.54) is 10.4 Å². The van der Waals surface area contributed by atoms with Crippen LogP contribution in [-0.4, -0.2) is 61.7 Å². The zero-order valence-corrected chi connectivity index (χ0v) is 17.6. The van der Waals surface area contributed by atoms with Crippen molar-refractivity contribution in [2.45, 2.75) is 50.5 Å². The van der Waals surface area contributed by atoms with Gasteiger partial charge < -0.3 is 15.0 Å². The molecule has 1 atom stereocenters. The minimum Gasteiger partial charge on any atom is -0.482 e. The first kappa shape index (κ1) is 20.2. The second kappa shape index (κ2) is 7.60. The summed E-state index contributed by atoms with van der Waals surface area (Å²) in [5.74, 6) is 0.577. The summed E-state index contributed by atoms with van der Waals surface area (Å²) < 4.78 is 33.7. The maximum Gasteiger partial charge on any atom is 0.262 e. The van der Waals surface area contributed by atoms with Crippen LogP contribution < -0.4 is 10.1 Å². The molecule has 1 aromatic rings. The van der Waals surface area contributed by atoms with Crippen molar-refractivity contribution in [1.82, 2.24) is 9.21 Å². The van der Waals surface area contributed by atoms with E-state index in [1.54, 1.807) is 13.0 Å². The predicted molar refractivity (Wildman–Crippen MR) is 107 cm³/mol. The van der Waals surface area contributed by atoms with E-state index in [0.29, 0.717) is 55.4 Å². The standard InChI is InChI=1S/C20H27N3O5S/c1-13-5-8-22(9-6-13)20(25)16-4-3-7-23(16)29(26,27)18-11-17-15(10-14(18)2)21-19(24)12-28-17/h10-11,13,16H,3-9,12H2,1-2H3,(H,21,24). The van der Waals surface area contributed by atoms with Gasteiger partial charge in [-0.15, -0.1) is 0 Å². The van der Waals surface area contributed by atoms with Crippen LogP contribution in [0.25, 0.3) is 0 Å². The Morgan fingerprint density at radius 3 is 2.62 bits per heavy atom. The van der Waals surface area contributed by atoms with E-state index in [2.05, 4.69) is 12.2 Å². The van der Waals surface area contributed by atoms with Gasteiger partial charge in [0.1, 0.15) is 11.8 Å². The molecule has 1 unspecified atom stereocenters. The number of fused-ring (bicyclic) bond motifs is 1. The van der Waals surface area contributed by atoms with Gasteiger partial charge in [-0.1, -0.05) is 6.92 Å². The maximum absolute atomic E-state index is 13.5. The average Bonchev–Trinajstić information content (AvgIpc) is 3.18. The zero-order valence-electron chi connectivity index (χ0n) is 16.8. The van der Waals surface area contributed by atoms with Crippen LogP contribution in [0, 0.1) is 12.8 Å². The van der Waals surface area contributed by atoms with Gasteiger partial charge in [0.25, 0.3) is 5.91 Å². The number of anilines is 1. The number of sulfonamides is 1. The van der Waals surface area contributed by atoms with E-state index in [0.717, 1.165) is 12.8 Å². The lowest BCUT2D eigenvalue weighted by molar-refractivity contribution is -0.136. The molecule has 3 aliphatic rings. The number of hydrogen-bond donors (Lipinski definition) is 1. The summed E-state index contributed by atoms with van der Waals surface area (Å²) in [6, 6.07) is 2.42. The number of rotatable bonds is 3. The number of carbonyl (C=O) groups is 2. The molecule has 29 heavy (non-hydrogen) atoms. The molecule has 0 radical (unpaired) electrons. The molecule has 2 amide bonds. The summed E-state index contributed by atoms with van der Waals surface area (Å²) in [6.45, 7) is 5.43. The van der Waals surface area contributed by atoms with Crippen LogP contribution in [0.2, 0.25) is 0 Å². The normalized spacial score (nSPS) is 23.4. The average molecular weight is 422 g/mol. The molecular formula is C20H27N3O5S. The molecule has 0 aliphatic carbocycles. The summed E-state index contributed by atoms with van der Waals surface area (Å²) in [5, 5.41) is 2.69. The van der Waals surface area contributed by atoms with E-state index >= 15 is 0 Å². The number of aryl methyl sites for hydroxylation is 1. The number of hydrogen-bond acceptors (Lipinski definition) is 5. The van der Waals surface area contributed by atoms with Crippen molar-refractivity contribution in [2.75, 3.05) is 31.6 Å². The van der Waals surface area contributed by atoms with Crippen molar-refractivity contribution in [3.63, 3.8) is 0 Å². The molecule has 158 valence electrons. The van der Waals surface area contributed by atoms with Crippen molar-refractivity contribution in [2.24, 2.45) is 5.92 Å². The number of likely N-dealkylation sites (tertiary alicyclic amines) is 1. The largest absolute Gasteiger partial charge is 0.482 e. The van der Waals surface area contributed by atoms with Gasteiger partial charge in [0.05, 0.1) is 10.6 Å². The van der Waals surface area contributed by atoms with Gasteiger partial charge in [0.15, 0.2) is 6.61 Å². The lowest BCUT2D eigenvalue weighted by Gasteiger charge is -2.34. The van der Waals surface area contributed by atoms with Gasteiger partial charge in [-0.05, 0) is 50.2 Å². The van der Waals surface area contributed by atoms with E-state index in [-0.39, 0.29) is 23.3 Å². The molecule has 0 spiro atoms. The molecule has 0 saturated carbocycles. The molecule has 2 saturated heterocycles. The van der Waals surface area contributed by atoms with E-state index in [9.17, 15) is 18.0 Å². The Labute approximate surface area is 171 Å². The zero-order chi connectivity index (χ0) is 20.8. The first-order chi connectivity index (χ1) is 13.8. The highest BCUT2D eigenvalue weighted by Gasteiger charge is 2.42. The van der Waals surface area contributed by atoms with Gasteiger partial charge in [-0.2, -0.15) is 4.31 Å². The minimum absolute atomic E-state index is 0.0860. The van der Waals surface area contributed by atoms with Gasteiger partial charge in [-0.25, -0.2) is 8.42 Å². The SMILES string of the molecule is Cc1cc2c(cc1S(=O)(=O)N1CCCC1C(=O)N1CCC(C)CC1)OCC(=O)N2. The third-order valence-electron chi connectivity index (χ3n) is 6.08. The first-order valence-corrected chi connectivity index (χ1v) is 11.6. The summed E-state index contributed by atoms with van der Waals surface area (Å²) in [4.78, 5) is 26.5. The van der Waals surface area contributed by atoms with Crippen LogP contribution in [0.15, 0.2) is 17.0 Å². The van der Waals surface area contributed by atoms with Crippen LogP contribution in [0.4, 0.5) is 5.69 Å². The summed E-state index contributed by atoms with van der Waals surface area (Å²) >= 11 is 0. The molecule has 3 aliphatic heterocycles. The summed E-state index contributed by atoms with van der Waals surface area (Å²) in [5.41, 5.74) is 0.980. The number of carbonyl (C=O) groups excluding carboxylic acids is 2. The van der Waals surface area contributed by atoms with Crippen molar-refractivity contribution in [3.8, 4) is 5.75 Å². The Hall–Kier alpha value is -2.13. The maximum atomic E-state index is 13.5. The number of amides is 2. The lowest BCUT2D eigenvalue weighted by Crippen LogP contribution is -2.49. The highest BCUT2D eigenvalue weighted by atomic mass is 32.2. The molecule has 8 nitrogen and oxygen atoms in total.